The molecule has 0 aromatic heterocycles. The van der Waals surface area contributed by atoms with Gasteiger partial charge in [0.15, 0.2) is 0 Å². The smallest absolute Gasteiger partial charge is 0.0666 e. The van der Waals surface area contributed by atoms with Crippen molar-refractivity contribution in [1.82, 2.24) is 10.2 Å². The normalized spacial score (nSPS) is 14.9. The van der Waals surface area contributed by atoms with E-state index in [1.165, 1.54) is 0 Å². The number of benzene rings is 1. The van der Waals surface area contributed by atoms with Gasteiger partial charge in [-0.1, -0.05) is 37.3 Å². The quantitative estimate of drug-likeness (QED) is 0.752. The zero-order chi connectivity index (χ0) is 12.7. The van der Waals surface area contributed by atoms with Crippen LogP contribution in [0.3, 0.4) is 0 Å². The lowest BCUT2D eigenvalue weighted by atomic mass is 9.88. The fraction of sp³-hybridized carbons (Fsp3) is 0.571. The van der Waals surface area contributed by atoms with Gasteiger partial charge in [0.05, 0.1) is 12.1 Å². The molecule has 0 spiro atoms. The van der Waals surface area contributed by atoms with Crippen LogP contribution in [0, 0.1) is 0 Å². The van der Waals surface area contributed by atoms with Crippen molar-refractivity contribution < 1.29 is 5.11 Å². The Hall–Kier alpha value is -0.900. The van der Waals surface area contributed by atoms with Crippen molar-refractivity contribution in [2.45, 2.75) is 18.9 Å². The van der Waals surface area contributed by atoms with Crippen LogP contribution in [0.25, 0.3) is 0 Å². The summed E-state index contributed by atoms with van der Waals surface area (Å²) >= 11 is 0. The van der Waals surface area contributed by atoms with E-state index in [1.54, 1.807) is 0 Å². The van der Waals surface area contributed by atoms with E-state index in [0.29, 0.717) is 0 Å². The van der Waals surface area contributed by atoms with Crippen LogP contribution in [0.5, 0.6) is 0 Å². The summed E-state index contributed by atoms with van der Waals surface area (Å²) in [6.45, 7) is 4.07. The van der Waals surface area contributed by atoms with Gasteiger partial charge in [-0.3, -0.25) is 0 Å². The monoisotopic (exact) mass is 236 g/mol. The topological polar surface area (TPSA) is 35.5 Å². The number of likely N-dealkylation sites (N-methyl/N-ethyl adjacent to an activating group) is 1. The lowest BCUT2D eigenvalue weighted by Crippen LogP contribution is -2.47. The van der Waals surface area contributed by atoms with Crippen LogP contribution in [0.4, 0.5) is 0 Å². The van der Waals surface area contributed by atoms with Crippen molar-refractivity contribution in [3.05, 3.63) is 35.9 Å². The molecule has 1 rings (SSSR count). The summed E-state index contributed by atoms with van der Waals surface area (Å²) < 4.78 is 0. The third kappa shape index (κ3) is 3.80. The van der Waals surface area contributed by atoms with Crippen LogP contribution in [-0.4, -0.2) is 43.8 Å². The number of aliphatic hydroxyl groups is 1. The van der Waals surface area contributed by atoms with Crippen molar-refractivity contribution >= 4 is 0 Å². The number of hydrogen-bond acceptors (Lipinski definition) is 3. The summed E-state index contributed by atoms with van der Waals surface area (Å²) in [5.41, 5.74) is 0.848. The van der Waals surface area contributed by atoms with E-state index in [4.69, 9.17) is 0 Å². The highest BCUT2D eigenvalue weighted by Crippen LogP contribution is 2.24. The summed E-state index contributed by atoms with van der Waals surface area (Å²) in [4.78, 5) is 2.13. The van der Waals surface area contributed by atoms with Crippen LogP contribution in [0.2, 0.25) is 0 Å². The maximum atomic E-state index is 9.72. The number of nitrogens with one attached hydrogen (secondary N) is 1. The molecule has 1 aromatic rings. The van der Waals surface area contributed by atoms with Gasteiger partial charge in [-0.25, -0.2) is 0 Å². The van der Waals surface area contributed by atoms with E-state index < -0.39 is 0 Å². The van der Waals surface area contributed by atoms with E-state index >= 15 is 0 Å². The van der Waals surface area contributed by atoms with Gasteiger partial charge in [0.1, 0.15) is 0 Å². The molecule has 3 nitrogen and oxygen atoms in total. The van der Waals surface area contributed by atoms with E-state index in [9.17, 15) is 5.11 Å². The second kappa shape index (κ2) is 6.74. The van der Waals surface area contributed by atoms with Gasteiger partial charge in [0.2, 0.25) is 0 Å². The molecule has 1 atom stereocenters. The molecule has 0 bridgehead atoms. The molecule has 96 valence electrons. The van der Waals surface area contributed by atoms with Crippen molar-refractivity contribution in [3.63, 3.8) is 0 Å². The fourth-order valence-electron chi connectivity index (χ4n) is 1.97. The predicted octanol–water partition coefficient (Wildman–Crippen LogP) is 1.44. The van der Waals surface area contributed by atoms with Crippen LogP contribution < -0.4 is 5.32 Å². The Morgan fingerprint density at radius 1 is 1.24 bits per heavy atom. The van der Waals surface area contributed by atoms with Gasteiger partial charge in [-0.15, -0.1) is 0 Å². The summed E-state index contributed by atoms with van der Waals surface area (Å²) in [5.74, 6) is 0. The molecule has 0 aliphatic heterocycles. The minimum absolute atomic E-state index is 0.126. The molecule has 1 aromatic carbocycles. The lowest BCUT2D eigenvalue weighted by molar-refractivity contribution is 0.152. The number of nitrogens with zero attached hydrogens (tertiary/aromatic N) is 1. The minimum Gasteiger partial charge on any atom is -0.394 e. The van der Waals surface area contributed by atoms with E-state index in [-0.39, 0.29) is 12.1 Å². The number of aliphatic hydroxyl groups excluding tert-OH is 1. The second-order valence-electron chi connectivity index (χ2n) is 4.69. The van der Waals surface area contributed by atoms with Gasteiger partial charge < -0.3 is 15.3 Å². The van der Waals surface area contributed by atoms with E-state index in [0.717, 1.165) is 25.1 Å². The zero-order valence-corrected chi connectivity index (χ0v) is 11.1. The third-order valence-electron chi connectivity index (χ3n) is 3.22. The zero-order valence-electron chi connectivity index (χ0n) is 11.1. The van der Waals surface area contributed by atoms with Crippen LogP contribution in [0.15, 0.2) is 30.3 Å². The molecular formula is C14H24N2O. The molecule has 0 aliphatic rings. The molecule has 0 aliphatic carbocycles. The summed E-state index contributed by atoms with van der Waals surface area (Å²) in [6, 6.07) is 10.2. The van der Waals surface area contributed by atoms with Crippen molar-refractivity contribution in [1.29, 1.82) is 0 Å². The van der Waals surface area contributed by atoms with E-state index in [2.05, 4.69) is 43.4 Å². The summed E-state index contributed by atoms with van der Waals surface area (Å²) in [5, 5.41) is 13.2. The molecule has 17 heavy (non-hydrogen) atoms. The summed E-state index contributed by atoms with van der Waals surface area (Å²) in [6.07, 6.45) is 0.876. The molecule has 1 unspecified atom stereocenters. The van der Waals surface area contributed by atoms with Crippen molar-refractivity contribution in [2.75, 3.05) is 33.8 Å². The molecule has 0 fully saturated rings. The minimum atomic E-state index is -0.308. The Bertz CT molecular complexity index is 307. The van der Waals surface area contributed by atoms with Crippen molar-refractivity contribution in [3.8, 4) is 0 Å². The Balaban J connectivity index is 2.75. The number of hydrogen-bond donors (Lipinski definition) is 2. The van der Waals surface area contributed by atoms with Gasteiger partial charge in [-0.05, 0) is 26.1 Å². The Morgan fingerprint density at radius 2 is 1.88 bits per heavy atom. The van der Waals surface area contributed by atoms with Gasteiger partial charge >= 0.3 is 0 Å². The molecule has 0 radical (unpaired) electrons. The highest BCUT2D eigenvalue weighted by atomic mass is 16.3. The Kier molecular flexibility index (Phi) is 5.62. The third-order valence-corrected chi connectivity index (χ3v) is 3.22. The first-order valence-corrected chi connectivity index (χ1v) is 6.21. The van der Waals surface area contributed by atoms with E-state index in [1.807, 2.05) is 18.2 Å². The predicted molar refractivity (Wildman–Crippen MR) is 72.1 cm³/mol. The second-order valence-corrected chi connectivity index (χ2v) is 4.69. The number of rotatable bonds is 7. The maximum absolute atomic E-state index is 9.72. The van der Waals surface area contributed by atoms with Crippen molar-refractivity contribution in [2.24, 2.45) is 0 Å². The molecule has 0 heterocycles. The largest absolute Gasteiger partial charge is 0.394 e. The average molecular weight is 236 g/mol. The van der Waals surface area contributed by atoms with Gasteiger partial charge in [0, 0.05) is 13.1 Å². The molecule has 2 N–H and O–H groups in total. The SMILES string of the molecule is CCC(CO)(NCCN(C)C)c1ccccc1. The Labute approximate surface area is 104 Å². The fourth-order valence-corrected chi connectivity index (χ4v) is 1.97. The summed E-state index contributed by atoms with van der Waals surface area (Å²) in [7, 11) is 4.10. The molecule has 0 amide bonds. The first-order chi connectivity index (χ1) is 8.14. The molecule has 0 saturated carbocycles. The Morgan fingerprint density at radius 3 is 2.35 bits per heavy atom. The molecular weight excluding hydrogens is 212 g/mol. The van der Waals surface area contributed by atoms with Crippen LogP contribution in [-0.2, 0) is 5.54 Å². The van der Waals surface area contributed by atoms with Gasteiger partial charge in [-0.2, -0.15) is 0 Å². The standard InChI is InChI=1S/C14H24N2O/c1-4-14(12-17,15-10-11-16(2)3)13-8-6-5-7-9-13/h5-9,15,17H,4,10-12H2,1-3H3. The lowest BCUT2D eigenvalue weighted by Gasteiger charge is -2.33. The van der Waals surface area contributed by atoms with Crippen LogP contribution >= 0.6 is 0 Å². The van der Waals surface area contributed by atoms with Crippen LogP contribution in [0.1, 0.15) is 18.9 Å². The molecule has 0 saturated heterocycles. The van der Waals surface area contributed by atoms with Gasteiger partial charge in [0.25, 0.3) is 0 Å². The maximum Gasteiger partial charge on any atom is 0.0666 e. The first-order valence-electron chi connectivity index (χ1n) is 6.21. The average Bonchev–Trinajstić information content (AvgIpc) is 2.36. The first kappa shape index (κ1) is 14.2. The highest BCUT2D eigenvalue weighted by Gasteiger charge is 2.28. The molecule has 3 heteroatoms. The highest BCUT2D eigenvalue weighted by molar-refractivity contribution is 5.24.